The Bertz CT molecular complexity index is 1230. The van der Waals surface area contributed by atoms with Gasteiger partial charge in [0.05, 0.1) is 36.4 Å². The maximum atomic E-state index is 13.4. The third-order valence-electron chi connectivity index (χ3n) is 7.14. The average Bonchev–Trinajstić information content (AvgIpc) is 3.29. The molecule has 0 spiro atoms. The number of halogens is 1. The van der Waals surface area contributed by atoms with Crippen LogP contribution >= 0.6 is 11.6 Å². The summed E-state index contributed by atoms with van der Waals surface area (Å²) in [5.41, 5.74) is 3.98. The Balaban J connectivity index is 1.39. The summed E-state index contributed by atoms with van der Waals surface area (Å²) < 4.78 is 11.3. The molecule has 3 aromatic rings. The van der Waals surface area contributed by atoms with Crippen molar-refractivity contribution in [2.75, 3.05) is 51.8 Å². The Kier molecular flexibility index (Phi) is 7.37. The fourth-order valence-corrected chi connectivity index (χ4v) is 5.54. The van der Waals surface area contributed by atoms with Crippen LogP contribution in [0.3, 0.4) is 0 Å². The van der Waals surface area contributed by atoms with Crippen molar-refractivity contribution in [2.45, 2.75) is 38.8 Å². The summed E-state index contributed by atoms with van der Waals surface area (Å²) >= 11 is 6.51. The summed E-state index contributed by atoms with van der Waals surface area (Å²) in [4.78, 5) is 25.6. The van der Waals surface area contributed by atoms with E-state index in [4.69, 9.17) is 21.1 Å². The van der Waals surface area contributed by atoms with Crippen molar-refractivity contribution < 1.29 is 14.3 Å². The molecule has 0 bridgehead atoms. The number of methoxy groups -OCH3 is 1. The number of fused-ring (bicyclic) bond motifs is 1. The topological polar surface area (TPSA) is 82.7 Å². The first-order chi connectivity index (χ1) is 17.5. The van der Waals surface area contributed by atoms with Gasteiger partial charge in [-0.2, -0.15) is 0 Å². The zero-order chi connectivity index (χ0) is 25.2. The highest BCUT2D eigenvalue weighted by atomic mass is 35.5. The van der Waals surface area contributed by atoms with Gasteiger partial charge in [-0.1, -0.05) is 11.6 Å². The molecule has 4 heterocycles. The molecule has 2 saturated heterocycles. The van der Waals surface area contributed by atoms with Crippen LogP contribution in [0.15, 0.2) is 30.6 Å². The number of anilines is 1. The zero-order valence-electron chi connectivity index (χ0n) is 21.1. The van der Waals surface area contributed by atoms with Crippen LogP contribution in [0.2, 0.25) is 5.02 Å². The van der Waals surface area contributed by atoms with Gasteiger partial charge in [0.15, 0.2) is 0 Å². The summed E-state index contributed by atoms with van der Waals surface area (Å²) in [5.74, 6) is 0.673. The Morgan fingerprint density at radius 2 is 1.94 bits per heavy atom. The van der Waals surface area contributed by atoms with E-state index in [2.05, 4.69) is 34.0 Å². The molecular weight excluding hydrogens is 478 g/mol. The number of nitrogens with one attached hydrogen (secondary N) is 2. The number of hydrogen-bond acceptors (Lipinski definition) is 6. The van der Waals surface area contributed by atoms with Crippen LogP contribution in [0, 0.1) is 0 Å². The van der Waals surface area contributed by atoms with E-state index >= 15 is 0 Å². The monoisotopic (exact) mass is 511 g/mol. The van der Waals surface area contributed by atoms with E-state index < -0.39 is 0 Å². The number of carbonyl (C=O) groups excluding carboxylic acids is 1. The lowest BCUT2D eigenvalue weighted by Gasteiger charge is -2.40. The third-order valence-corrected chi connectivity index (χ3v) is 7.44. The van der Waals surface area contributed by atoms with Gasteiger partial charge in [0, 0.05) is 67.3 Å². The molecule has 2 N–H and O–H groups in total. The molecule has 9 heteroatoms. The SMILES string of the molecule is COc1cc(C(=O)N2CCC(N3CCOCC3)CC2)ccc1-c1cnc2[nH]cc(Cl)c2c1NC(C)C. The number of ether oxygens (including phenoxy) is 2. The standard InChI is InChI=1S/C27H34ClN5O3/c1-17(2)31-25-21(15-29-26-24(25)22(28)16-30-26)20-5-4-18(14-23(20)35-3)27(34)33-8-6-19(7-9-33)32-10-12-36-13-11-32/h4-5,14-17,19H,6-13H2,1-3H3,(H2,29,30,31). The first-order valence-electron chi connectivity index (χ1n) is 12.7. The van der Waals surface area contributed by atoms with Gasteiger partial charge in [-0.05, 0) is 44.9 Å². The third kappa shape index (κ3) is 4.90. The summed E-state index contributed by atoms with van der Waals surface area (Å²) in [6.07, 6.45) is 5.55. The molecule has 0 aliphatic carbocycles. The summed E-state index contributed by atoms with van der Waals surface area (Å²) in [5, 5.41) is 4.97. The fourth-order valence-electron chi connectivity index (χ4n) is 5.31. The Hall–Kier alpha value is -2.81. The number of H-pyrrole nitrogens is 1. The van der Waals surface area contributed by atoms with Gasteiger partial charge in [-0.3, -0.25) is 9.69 Å². The highest BCUT2D eigenvalue weighted by Gasteiger charge is 2.29. The van der Waals surface area contributed by atoms with Crippen molar-refractivity contribution in [3.05, 3.63) is 41.2 Å². The number of nitrogens with zero attached hydrogens (tertiary/aromatic N) is 3. The van der Waals surface area contributed by atoms with Crippen LogP contribution in [-0.2, 0) is 4.74 Å². The Morgan fingerprint density at radius 3 is 2.64 bits per heavy atom. The lowest BCUT2D eigenvalue weighted by Crippen LogP contribution is -2.50. The molecule has 192 valence electrons. The van der Waals surface area contributed by atoms with E-state index in [0.717, 1.165) is 80.1 Å². The van der Waals surface area contributed by atoms with Crippen LogP contribution in [0.25, 0.3) is 22.2 Å². The van der Waals surface area contributed by atoms with E-state index in [0.29, 0.717) is 22.4 Å². The first kappa shape index (κ1) is 24.9. The van der Waals surface area contributed by atoms with Gasteiger partial charge in [0.1, 0.15) is 11.4 Å². The number of hydrogen-bond donors (Lipinski definition) is 2. The molecule has 8 nitrogen and oxygen atoms in total. The van der Waals surface area contributed by atoms with E-state index in [1.54, 1.807) is 13.3 Å². The van der Waals surface area contributed by atoms with Crippen LogP contribution in [0.1, 0.15) is 37.0 Å². The number of aromatic amines is 1. The number of likely N-dealkylation sites (tertiary alicyclic amines) is 1. The number of amides is 1. The van der Waals surface area contributed by atoms with E-state index in [-0.39, 0.29) is 11.9 Å². The lowest BCUT2D eigenvalue weighted by molar-refractivity contribution is 0.00159. The minimum Gasteiger partial charge on any atom is -0.496 e. The number of aromatic nitrogens is 2. The number of rotatable bonds is 6. The van der Waals surface area contributed by atoms with Crippen LogP contribution in [-0.4, -0.2) is 84.3 Å². The van der Waals surface area contributed by atoms with Crippen molar-refractivity contribution in [1.82, 2.24) is 19.8 Å². The molecule has 2 fully saturated rings. The first-order valence-corrected chi connectivity index (χ1v) is 13.1. The molecule has 0 radical (unpaired) electrons. The van der Waals surface area contributed by atoms with Gasteiger partial charge >= 0.3 is 0 Å². The summed E-state index contributed by atoms with van der Waals surface area (Å²) in [7, 11) is 1.63. The van der Waals surface area contributed by atoms with Gasteiger partial charge in [-0.15, -0.1) is 0 Å². The maximum Gasteiger partial charge on any atom is 0.253 e. The molecule has 0 atom stereocenters. The van der Waals surface area contributed by atoms with Gasteiger partial charge in [-0.25, -0.2) is 4.98 Å². The minimum absolute atomic E-state index is 0.0445. The average molecular weight is 512 g/mol. The van der Waals surface area contributed by atoms with Crippen molar-refractivity contribution in [3.8, 4) is 16.9 Å². The van der Waals surface area contributed by atoms with E-state index in [9.17, 15) is 4.79 Å². The molecule has 0 unspecified atom stereocenters. The molecule has 0 saturated carbocycles. The number of pyridine rings is 1. The Morgan fingerprint density at radius 1 is 1.19 bits per heavy atom. The molecule has 1 amide bonds. The van der Waals surface area contributed by atoms with Crippen LogP contribution in [0.4, 0.5) is 5.69 Å². The van der Waals surface area contributed by atoms with Crippen molar-refractivity contribution in [3.63, 3.8) is 0 Å². The van der Waals surface area contributed by atoms with E-state index in [1.165, 1.54) is 0 Å². The molecule has 5 rings (SSSR count). The largest absolute Gasteiger partial charge is 0.496 e. The minimum atomic E-state index is 0.0445. The number of carbonyl (C=O) groups is 1. The second-order valence-corrected chi connectivity index (χ2v) is 10.2. The molecule has 2 aromatic heterocycles. The predicted molar refractivity (Wildman–Crippen MR) is 143 cm³/mol. The van der Waals surface area contributed by atoms with Crippen molar-refractivity contribution in [1.29, 1.82) is 0 Å². The smallest absolute Gasteiger partial charge is 0.253 e. The zero-order valence-corrected chi connectivity index (χ0v) is 21.9. The van der Waals surface area contributed by atoms with Gasteiger partial charge in [0.2, 0.25) is 0 Å². The van der Waals surface area contributed by atoms with Gasteiger partial charge < -0.3 is 24.7 Å². The van der Waals surface area contributed by atoms with E-state index in [1.807, 2.05) is 29.3 Å². The summed E-state index contributed by atoms with van der Waals surface area (Å²) in [6, 6.07) is 6.39. The van der Waals surface area contributed by atoms with Gasteiger partial charge in [0.25, 0.3) is 5.91 Å². The maximum absolute atomic E-state index is 13.4. The number of morpholine rings is 1. The quantitative estimate of drug-likeness (QED) is 0.501. The predicted octanol–water partition coefficient (Wildman–Crippen LogP) is 4.65. The number of benzene rings is 1. The Labute approximate surface area is 216 Å². The molecule has 1 aromatic carbocycles. The van der Waals surface area contributed by atoms with Crippen molar-refractivity contribution in [2.24, 2.45) is 0 Å². The molecule has 36 heavy (non-hydrogen) atoms. The second-order valence-electron chi connectivity index (χ2n) is 9.79. The highest BCUT2D eigenvalue weighted by Crippen LogP contribution is 2.41. The molecule has 2 aliphatic heterocycles. The number of piperidine rings is 1. The lowest BCUT2D eigenvalue weighted by atomic mass is 9.99. The van der Waals surface area contributed by atoms with Crippen molar-refractivity contribution >= 4 is 34.2 Å². The normalized spacial score (nSPS) is 17.6. The second kappa shape index (κ2) is 10.7. The molecular formula is C27H34ClN5O3. The van der Waals surface area contributed by atoms with Crippen LogP contribution in [0.5, 0.6) is 5.75 Å². The van der Waals surface area contributed by atoms with Crippen LogP contribution < -0.4 is 10.1 Å². The molecule has 2 aliphatic rings. The summed E-state index contributed by atoms with van der Waals surface area (Å²) in [6.45, 7) is 9.27. The fraction of sp³-hybridized carbons (Fsp3) is 0.481. The highest BCUT2D eigenvalue weighted by molar-refractivity contribution is 6.36.